The van der Waals surface area contributed by atoms with Crippen LogP contribution in [-0.4, -0.2) is 9.13 Å². The van der Waals surface area contributed by atoms with E-state index in [1.807, 2.05) is 0 Å². The van der Waals surface area contributed by atoms with E-state index in [-0.39, 0.29) is 0 Å². The van der Waals surface area contributed by atoms with Gasteiger partial charge in [0.05, 0.1) is 22.1 Å². The Balaban J connectivity index is 1.26. The highest BCUT2D eigenvalue weighted by molar-refractivity contribution is 6.27. The molecule has 2 nitrogen and oxygen atoms in total. The lowest BCUT2D eigenvalue weighted by Gasteiger charge is -2.15. The van der Waals surface area contributed by atoms with Gasteiger partial charge in [-0.1, -0.05) is 146 Å². The molecule has 0 unspecified atom stereocenters. The van der Waals surface area contributed by atoms with E-state index in [9.17, 15) is 0 Å². The summed E-state index contributed by atoms with van der Waals surface area (Å²) in [4.78, 5) is 0. The Hall–Kier alpha value is -6.90. The summed E-state index contributed by atoms with van der Waals surface area (Å²) < 4.78 is 4.92. The number of hydrogen-bond donors (Lipinski definition) is 0. The van der Waals surface area contributed by atoms with E-state index in [0.717, 1.165) is 11.4 Å². The summed E-state index contributed by atoms with van der Waals surface area (Å²) in [7, 11) is 0. The van der Waals surface area contributed by atoms with Crippen LogP contribution < -0.4 is 0 Å². The van der Waals surface area contributed by atoms with Gasteiger partial charge in [-0.15, -0.1) is 0 Å². The second-order valence-electron chi connectivity index (χ2n) is 13.7. The van der Waals surface area contributed by atoms with Crippen LogP contribution in [0.2, 0.25) is 0 Å². The average Bonchev–Trinajstić information content (AvgIpc) is 3.73. The van der Waals surface area contributed by atoms with Crippen LogP contribution in [0.3, 0.4) is 0 Å². The highest BCUT2D eigenvalue weighted by Crippen LogP contribution is 2.46. The van der Waals surface area contributed by atoms with E-state index in [1.54, 1.807) is 0 Å². The predicted octanol–water partition coefficient (Wildman–Crippen LogP) is 13.5. The largest absolute Gasteiger partial charge is 0.309 e. The van der Waals surface area contributed by atoms with Crippen molar-refractivity contribution in [2.24, 2.45) is 0 Å². The number of rotatable bonds is 4. The Morgan fingerprint density at radius 1 is 0.288 bits per heavy atom. The minimum Gasteiger partial charge on any atom is -0.309 e. The molecule has 0 saturated heterocycles. The number of nitrogens with zero attached hydrogens (tertiary/aromatic N) is 2. The van der Waals surface area contributed by atoms with Crippen LogP contribution in [0.4, 0.5) is 0 Å². The zero-order valence-corrected chi connectivity index (χ0v) is 28.4. The maximum Gasteiger partial charge on any atom is 0.0626 e. The van der Waals surface area contributed by atoms with Gasteiger partial charge in [-0.05, 0) is 86.8 Å². The van der Waals surface area contributed by atoms with Crippen LogP contribution in [0.1, 0.15) is 0 Å². The molecule has 2 heterocycles. The zero-order valence-electron chi connectivity index (χ0n) is 28.4. The first-order valence-corrected chi connectivity index (χ1v) is 17.9. The maximum absolute atomic E-state index is 2.49. The highest BCUT2D eigenvalue weighted by Gasteiger charge is 2.22. The van der Waals surface area contributed by atoms with Gasteiger partial charge >= 0.3 is 0 Å². The monoisotopic (exact) mass is 660 g/mol. The number of hydrogen-bond acceptors (Lipinski definition) is 0. The highest BCUT2D eigenvalue weighted by atomic mass is 15.0. The summed E-state index contributed by atoms with van der Waals surface area (Å²) in [6.07, 6.45) is 0. The van der Waals surface area contributed by atoms with Crippen LogP contribution in [0.5, 0.6) is 0 Å². The lowest BCUT2D eigenvalue weighted by molar-refractivity contribution is 1.18. The molecule has 0 saturated carbocycles. The smallest absolute Gasteiger partial charge is 0.0626 e. The molecule has 2 heteroatoms. The molecule has 0 radical (unpaired) electrons. The molecule has 0 spiro atoms. The summed E-state index contributed by atoms with van der Waals surface area (Å²) in [5.74, 6) is 0. The van der Waals surface area contributed by atoms with Crippen molar-refractivity contribution in [1.82, 2.24) is 9.13 Å². The van der Waals surface area contributed by atoms with Crippen molar-refractivity contribution < 1.29 is 0 Å². The molecule has 11 aromatic rings. The molecule has 0 bridgehead atoms. The molecule has 242 valence electrons. The third kappa shape index (κ3) is 4.25. The first-order valence-electron chi connectivity index (χ1n) is 17.9. The third-order valence-electron chi connectivity index (χ3n) is 10.9. The second kappa shape index (κ2) is 11.3. The van der Waals surface area contributed by atoms with Crippen molar-refractivity contribution in [3.05, 3.63) is 194 Å². The molecule has 0 fully saturated rings. The Morgan fingerprint density at radius 3 is 1.69 bits per heavy atom. The van der Waals surface area contributed by atoms with Crippen LogP contribution >= 0.6 is 0 Å². The molecule has 0 aliphatic carbocycles. The summed E-state index contributed by atoms with van der Waals surface area (Å²) in [6, 6.07) is 71.0. The second-order valence-corrected chi connectivity index (χ2v) is 13.7. The number of fused-ring (bicyclic) bond motifs is 9. The molecule has 9 aromatic carbocycles. The topological polar surface area (TPSA) is 9.86 Å². The van der Waals surface area contributed by atoms with Gasteiger partial charge in [0, 0.05) is 38.5 Å². The predicted molar refractivity (Wildman–Crippen MR) is 221 cm³/mol. The zero-order chi connectivity index (χ0) is 34.2. The van der Waals surface area contributed by atoms with Gasteiger partial charge in [0.15, 0.2) is 0 Å². The molecule has 0 N–H and O–H groups in total. The molecule has 52 heavy (non-hydrogen) atoms. The van der Waals surface area contributed by atoms with Crippen molar-refractivity contribution in [2.75, 3.05) is 0 Å². The molecule has 2 aromatic heterocycles. The van der Waals surface area contributed by atoms with Gasteiger partial charge in [-0.2, -0.15) is 0 Å². The Bertz CT molecular complexity index is 3150. The Morgan fingerprint density at radius 2 is 0.885 bits per heavy atom. The molecular formula is C50H32N2. The van der Waals surface area contributed by atoms with Crippen molar-refractivity contribution in [1.29, 1.82) is 0 Å². The van der Waals surface area contributed by atoms with Crippen LogP contribution in [0.25, 0.3) is 98.8 Å². The lowest BCUT2D eigenvalue weighted by atomic mass is 9.93. The van der Waals surface area contributed by atoms with Gasteiger partial charge in [0.1, 0.15) is 0 Å². The fourth-order valence-electron chi connectivity index (χ4n) is 8.58. The fraction of sp³-hybridized carbons (Fsp3) is 0. The van der Waals surface area contributed by atoms with E-state index in [1.165, 1.54) is 87.4 Å². The van der Waals surface area contributed by atoms with Crippen LogP contribution in [-0.2, 0) is 0 Å². The molecule has 0 aliphatic rings. The van der Waals surface area contributed by atoms with E-state index in [4.69, 9.17) is 0 Å². The molecule has 0 atom stereocenters. The summed E-state index contributed by atoms with van der Waals surface area (Å²) >= 11 is 0. The first kappa shape index (κ1) is 28.9. The SMILES string of the molecule is c1ccc(-c2ccc(-n3c4ccccc4c4ccc(-c5c6ccccc6cc6c7c8ccccc8ccc7n(-c7ccccc7)c56)cc43)cc2)cc1. The summed E-state index contributed by atoms with van der Waals surface area (Å²) in [5.41, 5.74) is 12.0. The number of para-hydroxylation sites is 2. The van der Waals surface area contributed by atoms with E-state index in [0.29, 0.717) is 0 Å². The third-order valence-corrected chi connectivity index (χ3v) is 10.9. The van der Waals surface area contributed by atoms with E-state index < -0.39 is 0 Å². The quantitative estimate of drug-likeness (QED) is 0.178. The molecule has 0 aliphatic heterocycles. The molecular weight excluding hydrogens is 629 g/mol. The van der Waals surface area contributed by atoms with E-state index in [2.05, 4.69) is 203 Å². The number of aromatic nitrogens is 2. The molecule has 0 amide bonds. The van der Waals surface area contributed by atoms with Gasteiger partial charge in [-0.25, -0.2) is 0 Å². The van der Waals surface area contributed by atoms with Crippen LogP contribution in [0, 0.1) is 0 Å². The first-order chi connectivity index (χ1) is 25.8. The van der Waals surface area contributed by atoms with Crippen molar-refractivity contribution in [3.8, 4) is 33.6 Å². The minimum absolute atomic E-state index is 1.15. The Labute approximate surface area is 301 Å². The van der Waals surface area contributed by atoms with Crippen molar-refractivity contribution in [2.45, 2.75) is 0 Å². The van der Waals surface area contributed by atoms with Gasteiger partial charge in [0.25, 0.3) is 0 Å². The summed E-state index contributed by atoms with van der Waals surface area (Å²) in [5, 5.41) is 10.1. The fourth-order valence-corrected chi connectivity index (χ4v) is 8.58. The van der Waals surface area contributed by atoms with Crippen molar-refractivity contribution >= 4 is 65.2 Å². The van der Waals surface area contributed by atoms with Gasteiger partial charge in [0.2, 0.25) is 0 Å². The Kier molecular flexibility index (Phi) is 6.28. The van der Waals surface area contributed by atoms with Crippen LogP contribution in [0.15, 0.2) is 194 Å². The number of benzene rings is 9. The normalized spacial score (nSPS) is 11.8. The lowest BCUT2D eigenvalue weighted by Crippen LogP contribution is -1.97. The average molecular weight is 661 g/mol. The van der Waals surface area contributed by atoms with Crippen molar-refractivity contribution in [3.63, 3.8) is 0 Å². The summed E-state index contributed by atoms with van der Waals surface area (Å²) in [6.45, 7) is 0. The minimum atomic E-state index is 1.15. The van der Waals surface area contributed by atoms with Gasteiger partial charge < -0.3 is 9.13 Å². The van der Waals surface area contributed by atoms with E-state index >= 15 is 0 Å². The van der Waals surface area contributed by atoms with Gasteiger partial charge in [-0.3, -0.25) is 0 Å². The standard InChI is InChI=1S/C50H32N2/c1-3-13-33(14-4-1)34-23-27-39(28-24-34)51-45-22-12-11-21-42(45)43-29-25-37(32-47(43)51)48-41-20-10-8-16-36(41)31-44-49-40-19-9-7-15-35(40)26-30-46(49)52(50(44)48)38-17-5-2-6-18-38/h1-32H. The molecule has 11 rings (SSSR count). The maximum atomic E-state index is 2.49.